The van der Waals surface area contributed by atoms with Crippen LogP contribution in [0.4, 0.5) is 0 Å². The van der Waals surface area contributed by atoms with Gasteiger partial charge >= 0.3 is 0 Å². The first-order valence-corrected chi connectivity index (χ1v) is 8.37. The van der Waals surface area contributed by atoms with Crippen LogP contribution in [0.1, 0.15) is 49.8 Å². The third kappa shape index (κ3) is 2.56. The Hall–Kier alpha value is -0.510. The minimum absolute atomic E-state index is 0.201. The number of hydrogen-bond donors (Lipinski definition) is 0. The minimum atomic E-state index is 0.201. The van der Waals surface area contributed by atoms with Gasteiger partial charge in [-0.15, -0.1) is 0 Å². The van der Waals surface area contributed by atoms with Gasteiger partial charge in [0.15, 0.2) is 0 Å². The van der Waals surface area contributed by atoms with Crippen LogP contribution in [0.15, 0.2) is 24.3 Å². The molecule has 0 bridgehead atoms. The van der Waals surface area contributed by atoms with E-state index in [-0.39, 0.29) is 5.60 Å². The first-order valence-electron chi connectivity index (χ1n) is 7.19. The number of nitrogens with zero attached hydrogens (tertiary/aromatic N) is 1. The quantitative estimate of drug-likeness (QED) is 0.775. The number of benzene rings is 1. The maximum absolute atomic E-state index is 6.16. The van der Waals surface area contributed by atoms with Crippen molar-refractivity contribution in [1.82, 2.24) is 4.31 Å². The predicted molar refractivity (Wildman–Crippen MR) is 81.4 cm³/mol. The molecule has 0 radical (unpaired) electrons. The maximum Gasteiger partial charge on any atom is 0.0821 e. The van der Waals surface area contributed by atoms with E-state index in [1.54, 1.807) is 0 Å². The van der Waals surface area contributed by atoms with Crippen LogP contribution < -0.4 is 0 Å². The predicted octanol–water partition coefficient (Wildman–Crippen LogP) is 3.99. The fraction of sp³-hybridized carbons (Fsp3) is 0.625. The lowest BCUT2D eigenvalue weighted by Crippen LogP contribution is -2.42. The van der Waals surface area contributed by atoms with Gasteiger partial charge in [-0.25, -0.2) is 4.31 Å². The summed E-state index contributed by atoms with van der Waals surface area (Å²) < 4.78 is 8.68. The van der Waals surface area contributed by atoms with E-state index in [1.165, 1.54) is 24.0 Å². The van der Waals surface area contributed by atoms with Gasteiger partial charge in [0.1, 0.15) is 0 Å². The normalized spacial score (nSPS) is 26.0. The van der Waals surface area contributed by atoms with E-state index < -0.39 is 0 Å². The van der Waals surface area contributed by atoms with Gasteiger partial charge < -0.3 is 4.74 Å². The number of morpholine rings is 1. The zero-order valence-corrected chi connectivity index (χ0v) is 12.9. The Bertz CT molecular complexity index is 456. The molecule has 1 aliphatic carbocycles. The van der Waals surface area contributed by atoms with Gasteiger partial charge in [0.25, 0.3) is 0 Å². The fourth-order valence-corrected chi connectivity index (χ4v) is 3.79. The lowest BCUT2D eigenvalue weighted by atomic mass is 9.92. The van der Waals surface area contributed by atoms with Gasteiger partial charge in [0, 0.05) is 6.54 Å². The molecule has 3 heteroatoms. The van der Waals surface area contributed by atoms with Gasteiger partial charge in [-0.05, 0) is 36.1 Å². The van der Waals surface area contributed by atoms with E-state index in [0.717, 1.165) is 13.2 Å². The standard InChI is InChI=1S/C16H23NOS/c1-12(2)13-6-4-5-7-14(13)15-10-18-16(8-9-16)11-17(15)19-3/h4-7,12,15H,8-11H2,1-3H3. The van der Waals surface area contributed by atoms with Crippen molar-refractivity contribution in [2.45, 2.75) is 44.2 Å². The molecule has 0 aromatic heterocycles. The van der Waals surface area contributed by atoms with Crippen molar-refractivity contribution in [3.05, 3.63) is 35.4 Å². The Balaban J connectivity index is 1.88. The summed E-state index contributed by atoms with van der Waals surface area (Å²) in [5.41, 5.74) is 3.11. The summed E-state index contributed by atoms with van der Waals surface area (Å²) in [7, 11) is 0. The lowest BCUT2D eigenvalue weighted by Gasteiger charge is -2.39. The van der Waals surface area contributed by atoms with E-state index >= 15 is 0 Å². The van der Waals surface area contributed by atoms with E-state index in [4.69, 9.17) is 4.74 Å². The highest BCUT2D eigenvalue weighted by Crippen LogP contribution is 2.48. The van der Waals surface area contributed by atoms with Crippen molar-refractivity contribution in [2.24, 2.45) is 0 Å². The molecule has 0 amide bonds. The van der Waals surface area contributed by atoms with E-state index in [2.05, 4.69) is 48.7 Å². The molecule has 19 heavy (non-hydrogen) atoms. The molecule has 1 aliphatic heterocycles. The van der Waals surface area contributed by atoms with Crippen LogP contribution in [0.3, 0.4) is 0 Å². The van der Waals surface area contributed by atoms with Crippen LogP contribution in [0, 0.1) is 0 Å². The van der Waals surface area contributed by atoms with Crippen LogP contribution in [-0.4, -0.2) is 29.3 Å². The van der Waals surface area contributed by atoms with Crippen LogP contribution in [0.5, 0.6) is 0 Å². The van der Waals surface area contributed by atoms with Crippen molar-refractivity contribution in [3.63, 3.8) is 0 Å². The van der Waals surface area contributed by atoms with Crippen LogP contribution in [-0.2, 0) is 4.74 Å². The fourth-order valence-electron chi connectivity index (χ4n) is 3.00. The second-order valence-corrected chi connectivity index (χ2v) is 6.89. The van der Waals surface area contributed by atoms with E-state index in [0.29, 0.717) is 12.0 Å². The van der Waals surface area contributed by atoms with Crippen LogP contribution in [0.25, 0.3) is 0 Å². The van der Waals surface area contributed by atoms with Gasteiger partial charge in [-0.3, -0.25) is 0 Å². The zero-order chi connectivity index (χ0) is 13.5. The third-order valence-corrected chi connectivity index (χ3v) is 5.21. The van der Waals surface area contributed by atoms with Crippen molar-refractivity contribution in [1.29, 1.82) is 0 Å². The SMILES string of the molecule is CSN1CC2(CC2)OCC1c1ccccc1C(C)C. The highest BCUT2D eigenvalue weighted by atomic mass is 32.2. The summed E-state index contributed by atoms with van der Waals surface area (Å²) >= 11 is 1.86. The maximum atomic E-state index is 6.16. The highest BCUT2D eigenvalue weighted by Gasteiger charge is 2.50. The van der Waals surface area contributed by atoms with Crippen LogP contribution >= 0.6 is 11.9 Å². The molecule has 2 aliphatic rings. The second kappa shape index (κ2) is 5.12. The average Bonchev–Trinajstić information content (AvgIpc) is 3.18. The van der Waals surface area contributed by atoms with Crippen molar-refractivity contribution in [2.75, 3.05) is 19.4 Å². The lowest BCUT2D eigenvalue weighted by molar-refractivity contribution is -0.0472. The molecule has 0 N–H and O–H groups in total. The molecule has 1 aromatic rings. The monoisotopic (exact) mass is 277 g/mol. The first kappa shape index (κ1) is 13.5. The molecule has 1 saturated heterocycles. The number of rotatable bonds is 3. The van der Waals surface area contributed by atoms with E-state index in [9.17, 15) is 0 Å². The molecule has 1 atom stereocenters. The molecule has 1 unspecified atom stereocenters. The van der Waals surface area contributed by atoms with Gasteiger partial charge in [0.2, 0.25) is 0 Å². The molecule has 3 rings (SSSR count). The first-order chi connectivity index (χ1) is 9.15. The van der Waals surface area contributed by atoms with E-state index in [1.807, 2.05) is 11.9 Å². The average molecular weight is 277 g/mol. The Kier molecular flexibility index (Phi) is 3.63. The summed E-state index contributed by atoms with van der Waals surface area (Å²) in [5.74, 6) is 0.566. The molecule has 2 nitrogen and oxygen atoms in total. The Morgan fingerprint density at radius 2 is 2.05 bits per heavy atom. The Labute approximate surface area is 120 Å². The largest absolute Gasteiger partial charge is 0.372 e. The Morgan fingerprint density at radius 1 is 1.32 bits per heavy atom. The van der Waals surface area contributed by atoms with Gasteiger partial charge in [-0.1, -0.05) is 50.1 Å². The summed E-state index contributed by atoms with van der Waals surface area (Å²) in [6.45, 7) is 6.46. The van der Waals surface area contributed by atoms with Crippen molar-refractivity contribution in [3.8, 4) is 0 Å². The van der Waals surface area contributed by atoms with Crippen molar-refractivity contribution < 1.29 is 4.74 Å². The molecule has 1 saturated carbocycles. The van der Waals surface area contributed by atoms with Gasteiger partial charge in [0.05, 0.1) is 18.2 Å². The molecule has 1 heterocycles. The minimum Gasteiger partial charge on any atom is -0.372 e. The smallest absolute Gasteiger partial charge is 0.0821 e. The topological polar surface area (TPSA) is 12.5 Å². The zero-order valence-electron chi connectivity index (χ0n) is 12.1. The molecular weight excluding hydrogens is 254 g/mol. The molecule has 104 valence electrons. The summed E-state index contributed by atoms with van der Waals surface area (Å²) in [4.78, 5) is 0. The molecular formula is C16H23NOS. The number of hydrogen-bond acceptors (Lipinski definition) is 3. The highest BCUT2D eigenvalue weighted by molar-refractivity contribution is 7.96. The molecule has 2 fully saturated rings. The van der Waals surface area contributed by atoms with Gasteiger partial charge in [-0.2, -0.15) is 0 Å². The summed E-state index contributed by atoms with van der Waals surface area (Å²) in [6.07, 6.45) is 4.66. The number of ether oxygens (including phenoxy) is 1. The van der Waals surface area contributed by atoms with Crippen molar-refractivity contribution >= 4 is 11.9 Å². The van der Waals surface area contributed by atoms with Crippen LogP contribution in [0.2, 0.25) is 0 Å². The Morgan fingerprint density at radius 3 is 2.68 bits per heavy atom. The molecule has 1 spiro atoms. The summed E-state index contributed by atoms with van der Waals surface area (Å²) in [6, 6.07) is 9.24. The summed E-state index contributed by atoms with van der Waals surface area (Å²) in [5, 5.41) is 0. The second-order valence-electron chi connectivity index (χ2n) is 6.05. The third-order valence-electron chi connectivity index (χ3n) is 4.36. The molecule has 1 aromatic carbocycles.